The average Bonchev–Trinajstić information content (AvgIpc) is 3.33. The van der Waals surface area contributed by atoms with E-state index in [0.717, 1.165) is 16.8 Å². The zero-order chi connectivity index (χ0) is 19.5. The van der Waals surface area contributed by atoms with Crippen LogP contribution in [0.4, 0.5) is 4.79 Å². The van der Waals surface area contributed by atoms with Crippen LogP contribution in [0.2, 0.25) is 0 Å². The zero-order valence-electron chi connectivity index (χ0n) is 16.0. The van der Waals surface area contributed by atoms with Gasteiger partial charge in [-0.05, 0) is 30.0 Å². The Morgan fingerprint density at radius 3 is 2.46 bits per heavy atom. The summed E-state index contributed by atoms with van der Waals surface area (Å²) in [5.74, 6) is 0. The Kier molecular flexibility index (Phi) is 5.17. The van der Waals surface area contributed by atoms with E-state index in [1.165, 1.54) is 21.3 Å². The molecule has 4 nitrogen and oxygen atoms in total. The Hall–Kier alpha value is -3.05. The number of benzene rings is 2. The second kappa shape index (κ2) is 7.90. The molecule has 142 valence electrons. The number of carbonyl (C=O) groups is 1. The standard InChI is InChI=1S/C23H23N3OS/c1-16-9-11-17(12-10-16)14-24-23(27)25-15-19-18-6-3-4-7-20(18)26(2)22(19)21-8-5-13-28-21/h3-13H,14-15H2,1-2H3,(H2,24,25,27). The van der Waals surface area contributed by atoms with Crippen molar-refractivity contribution >= 4 is 28.3 Å². The van der Waals surface area contributed by atoms with Crippen LogP contribution in [0.1, 0.15) is 16.7 Å². The van der Waals surface area contributed by atoms with Crippen LogP contribution in [0, 0.1) is 6.92 Å². The van der Waals surface area contributed by atoms with Crippen LogP contribution < -0.4 is 10.6 Å². The van der Waals surface area contributed by atoms with E-state index >= 15 is 0 Å². The molecule has 0 spiro atoms. The van der Waals surface area contributed by atoms with Crippen molar-refractivity contribution < 1.29 is 4.79 Å². The Labute approximate surface area is 168 Å². The lowest BCUT2D eigenvalue weighted by Gasteiger charge is -2.10. The highest BCUT2D eigenvalue weighted by Gasteiger charge is 2.17. The molecule has 0 aliphatic heterocycles. The fourth-order valence-corrected chi connectivity index (χ4v) is 4.33. The highest BCUT2D eigenvalue weighted by Crippen LogP contribution is 2.35. The van der Waals surface area contributed by atoms with E-state index in [4.69, 9.17) is 0 Å². The molecule has 0 radical (unpaired) electrons. The van der Waals surface area contributed by atoms with E-state index in [-0.39, 0.29) is 6.03 Å². The Morgan fingerprint density at radius 1 is 0.964 bits per heavy atom. The van der Waals surface area contributed by atoms with Crippen molar-refractivity contribution in [2.75, 3.05) is 0 Å². The summed E-state index contributed by atoms with van der Waals surface area (Å²) in [6.07, 6.45) is 0. The topological polar surface area (TPSA) is 46.1 Å². The second-order valence-corrected chi connectivity index (χ2v) is 7.85. The summed E-state index contributed by atoms with van der Waals surface area (Å²) in [6, 6.07) is 20.5. The third-order valence-corrected chi connectivity index (χ3v) is 5.84. The molecule has 2 N–H and O–H groups in total. The maximum absolute atomic E-state index is 12.4. The van der Waals surface area contributed by atoms with Crippen LogP contribution >= 0.6 is 11.3 Å². The quantitative estimate of drug-likeness (QED) is 0.483. The molecule has 2 aromatic heterocycles. The van der Waals surface area contributed by atoms with Crippen LogP contribution in [0.25, 0.3) is 21.5 Å². The van der Waals surface area contributed by atoms with Gasteiger partial charge in [-0.3, -0.25) is 0 Å². The van der Waals surface area contributed by atoms with E-state index in [0.29, 0.717) is 13.1 Å². The molecule has 2 heterocycles. The number of hydrogen-bond donors (Lipinski definition) is 2. The van der Waals surface area contributed by atoms with E-state index in [2.05, 4.69) is 71.0 Å². The number of aromatic nitrogens is 1. The summed E-state index contributed by atoms with van der Waals surface area (Å²) in [7, 11) is 2.08. The maximum atomic E-state index is 12.4. The largest absolute Gasteiger partial charge is 0.343 e. The molecule has 2 aromatic carbocycles. The SMILES string of the molecule is Cc1ccc(CNC(=O)NCc2c(-c3cccs3)n(C)c3ccccc23)cc1. The van der Waals surface area contributed by atoms with Gasteiger partial charge in [0.2, 0.25) is 0 Å². The fraction of sp³-hybridized carbons (Fsp3) is 0.174. The number of para-hydroxylation sites is 1. The first-order valence-corrected chi connectivity index (χ1v) is 10.2. The van der Waals surface area contributed by atoms with Gasteiger partial charge in [0.1, 0.15) is 0 Å². The lowest BCUT2D eigenvalue weighted by Crippen LogP contribution is -2.34. The van der Waals surface area contributed by atoms with Gasteiger partial charge in [-0.2, -0.15) is 0 Å². The van der Waals surface area contributed by atoms with Crippen molar-refractivity contribution in [3.05, 3.63) is 82.7 Å². The predicted octanol–water partition coefficient (Wildman–Crippen LogP) is 5.21. The van der Waals surface area contributed by atoms with Gasteiger partial charge >= 0.3 is 6.03 Å². The highest BCUT2D eigenvalue weighted by atomic mass is 32.1. The summed E-state index contributed by atoms with van der Waals surface area (Å²) >= 11 is 1.71. The minimum absolute atomic E-state index is 0.161. The van der Waals surface area contributed by atoms with Crippen LogP contribution in [0.15, 0.2) is 66.0 Å². The van der Waals surface area contributed by atoms with Crippen molar-refractivity contribution in [2.24, 2.45) is 7.05 Å². The molecule has 0 aliphatic carbocycles. The van der Waals surface area contributed by atoms with Crippen molar-refractivity contribution in [2.45, 2.75) is 20.0 Å². The lowest BCUT2D eigenvalue weighted by molar-refractivity contribution is 0.240. The molecule has 2 amide bonds. The predicted molar refractivity (Wildman–Crippen MR) is 116 cm³/mol. The first-order valence-electron chi connectivity index (χ1n) is 9.31. The van der Waals surface area contributed by atoms with Crippen molar-refractivity contribution in [3.8, 4) is 10.6 Å². The summed E-state index contributed by atoms with van der Waals surface area (Å²) in [5, 5.41) is 9.23. The summed E-state index contributed by atoms with van der Waals surface area (Å²) in [4.78, 5) is 13.6. The monoisotopic (exact) mass is 389 g/mol. The van der Waals surface area contributed by atoms with Crippen LogP contribution in [-0.2, 0) is 20.1 Å². The van der Waals surface area contributed by atoms with Crippen molar-refractivity contribution in [3.63, 3.8) is 0 Å². The normalized spacial score (nSPS) is 10.9. The lowest BCUT2D eigenvalue weighted by atomic mass is 10.1. The summed E-state index contributed by atoms with van der Waals surface area (Å²) < 4.78 is 2.21. The van der Waals surface area contributed by atoms with Gasteiger partial charge in [0, 0.05) is 36.6 Å². The van der Waals surface area contributed by atoms with Crippen LogP contribution in [0.3, 0.4) is 0 Å². The minimum atomic E-state index is -0.161. The number of rotatable bonds is 5. The number of fused-ring (bicyclic) bond motifs is 1. The van der Waals surface area contributed by atoms with E-state index in [1.807, 2.05) is 24.3 Å². The number of amides is 2. The third kappa shape index (κ3) is 3.66. The summed E-state index contributed by atoms with van der Waals surface area (Å²) in [5.41, 5.74) is 5.78. The molecular weight excluding hydrogens is 366 g/mol. The van der Waals surface area contributed by atoms with Crippen LogP contribution in [-0.4, -0.2) is 10.6 Å². The number of thiophene rings is 1. The molecule has 4 rings (SSSR count). The van der Waals surface area contributed by atoms with E-state index in [1.54, 1.807) is 11.3 Å². The fourth-order valence-electron chi connectivity index (χ4n) is 3.50. The molecule has 4 aromatic rings. The second-order valence-electron chi connectivity index (χ2n) is 6.90. The molecule has 0 bridgehead atoms. The Morgan fingerprint density at radius 2 is 1.71 bits per heavy atom. The molecule has 0 unspecified atom stereocenters. The average molecular weight is 390 g/mol. The maximum Gasteiger partial charge on any atom is 0.315 e. The van der Waals surface area contributed by atoms with Crippen LogP contribution in [0.5, 0.6) is 0 Å². The number of aryl methyl sites for hydroxylation is 2. The molecule has 0 saturated heterocycles. The Balaban J connectivity index is 1.52. The molecule has 0 aliphatic rings. The summed E-state index contributed by atoms with van der Waals surface area (Å²) in [6.45, 7) is 3.05. The van der Waals surface area contributed by atoms with Crippen molar-refractivity contribution in [1.82, 2.24) is 15.2 Å². The third-order valence-electron chi connectivity index (χ3n) is 4.97. The van der Waals surface area contributed by atoms with Gasteiger partial charge in [-0.25, -0.2) is 4.79 Å². The zero-order valence-corrected chi connectivity index (χ0v) is 16.8. The molecule has 0 atom stereocenters. The van der Waals surface area contributed by atoms with Crippen molar-refractivity contribution in [1.29, 1.82) is 0 Å². The van der Waals surface area contributed by atoms with Gasteiger partial charge in [-0.15, -0.1) is 11.3 Å². The van der Waals surface area contributed by atoms with E-state index in [9.17, 15) is 4.79 Å². The number of urea groups is 1. The number of hydrogen-bond acceptors (Lipinski definition) is 2. The molecule has 0 fully saturated rings. The molecule has 28 heavy (non-hydrogen) atoms. The number of nitrogens with zero attached hydrogens (tertiary/aromatic N) is 1. The van der Waals surface area contributed by atoms with Gasteiger partial charge in [0.25, 0.3) is 0 Å². The minimum Gasteiger partial charge on any atom is -0.343 e. The molecular formula is C23H23N3OS. The first kappa shape index (κ1) is 18.3. The van der Waals surface area contributed by atoms with Gasteiger partial charge in [0.15, 0.2) is 0 Å². The number of nitrogens with one attached hydrogen (secondary N) is 2. The molecule has 5 heteroatoms. The molecule has 0 saturated carbocycles. The van der Waals surface area contributed by atoms with E-state index < -0.39 is 0 Å². The highest BCUT2D eigenvalue weighted by molar-refractivity contribution is 7.13. The smallest absolute Gasteiger partial charge is 0.315 e. The van der Waals surface area contributed by atoms with Gasteiger partial charge < -0.3 is 15.2 Å². The van der Waals surface area contributed by atoms with Gasteiger partial charge in [0.05, 0.1) is 10.6 Å². The Bertz CT molecular complexity index is 1100. The first-order chi connectivity index (χ1) is 13.6. The van der Waals surface area contributed by atoms with Gasteiger partial charge in [-0.1, -0.05) is 54.1 Å². The number of carbonyl (C=O) groups excluding carboxylic acids is 1.